The number of methoxy groups -OCH3 is 1. The van der Waals surface area contributed by atoms with Crippen LogP contribution in [0.15, 0.2) is 48.5 Å². The van der Waals surface area contributed by atoms with Gasteiger partial charge in [-0.1, -0.05) is 36.4 Å². The fourth-order valence-electron chi connectivity index (χ4n) is 3.75. The first-order valence-corrected chi connectivity index (χ1v) is 9.23. The Labute approximate surface area is 163 Å². The minimum atomic E-state index is -4.39. The van der Waals surface area contributed by atoms with Gasteiger partial charge in [0.25, 0.3) is 0 Å². The summed E-state index contributed by atoms with van der Waals surface area (Å²) < 4.78 is 47.2. The number of benzene rings is 2. The molecule has 2 aromatic rings. The van der Waals surface area contributed by atoms with E-state index in [4.69, 9.17) is 15.2 Å². The number of nitrogens with zero attached hydrogens (tertiary/aromatic N) is 1. The lowest BCUT2D eigenvalue weighted by atomic mass is 9.89. The lowest BCUT2D eigenvalue weighted by Gasteiger charge is -2.18. The van der Waals surface area contributed by atoms with Crippen LogP contribution in [0.1, 0.15) is 17.0 Å². The Hall–Kier alpha value is -2.25. The summed E-state index contributed by atoms with van der Waals surface area (Å²) in [5, 5.41) is 0. The molecule has 2 aromatic carbocycles. The summed E-state index contributed by atoms with van der Waals surface area (Å²) in [5.74, 6) is 1.14. The van der Waals surface area contributed by atoms with Gasteiger partial charge in [0.2, 0.25) is 0 Å². The van der Waals surface area contributed by atoms with E-state index in [2.05, 4.69) is 17.0 Å². The largest absolute Gasteiger partial charge is 0.493 e. The second-order valence-electron chi connectivity index (χ2n) is 7.10. The molecule has 0 aliphatic carbocycles. The molecule has 0 radical (unpaired) electrons. The molecule has 0 amide bonds. The average molecular weight is 394 g/mol. The van der Waals surface area contributed by atoms with E-state index < -0.39 is 12.8 Å². The van der Waals surface area contributed by atoms with Crippen molar-refractivity contribution in [3.05, 3.63) is 59.7 Å². The molecule has 2 N–H and O–H groups in total. The second-order valence-corrected chi connectivity index (χ2v) is 7.10. The van der Waals surface area contributed by atoms with E-state index >= 15 is 0 Å². The maximum absolute atomic E-state index is 12.4. The van der Waals surface area contributed by atoms with Crippen molar-refractivity contribution in [1.29, 1.82) is 0 Å². The van der Waals surface area contributed by atoms with Gasteiger partial charge in [-0.15, -0.1) is 0 Å². The summed E-state index contributed by atoms with van der Waals surface area (Å²) in [6.45, 7) is 1.72. The number of nitrogens with two attached hydrogens (primary N) is 1. The van der Waals surface area contributed by atoms with Gasteiger partial charge >= 0.3 is 6.18 Å². The van der Waals surface area contributed by atoms with E-state index in [1.165, 1.54) is 18.7 Å². The quantitative estimate of drug-likeness (QED) is 0.776. The Morgan fingerprint density at radius 1 is 1.07 bits per heavy atom. The Morgan fingerprint density at radius 2 is 1.82 bits per heavy atom. The first-order chi connectivity index (χ1) is 13.4. The summed E-state index contributed by atoms with van der Waals surface area (Å²) in [4.78, 5) is 2.32. The molecule has 1 heterocycles. The maximum atomic E-state index is 12.4. The summed E-state index contributed by atoms with van der Waals surface area (Å²) in [5.41, 5.74) is 8.24. The number of likely N-dealkylation sites (tertiary alicyclic amines) is 1. The molecule has 1 fully saturated rings. The topological polar surface area (TPSA) is 47.7 Å². The fourth-order valence-corrected chi connectivity index (χ4v) is 3.75. The highest BCUT2D eigenvalue weighted by Crippen LogP contribution is 2.34. The molecule has 1 aliphatic heterocycles. The summed E-state index contributed by atoms with van der Waals surface area (Å²) in [6.07, 6.45) is -4.39. The standard InChI is InChI=1S/C21H25F3N2O2/c1-27-20-9-15(7-8-19(20)28-14-21(22,23)24)11-26-12-17(10-25)18(13-26)16-5-3-2-4-6-16/h2-9,17-18H,10-14,25H2,1H3/t17-,18+/m1/s1. The van der Waals surface area contributed by atoms with Crippen molar-refractivity contribution in [2.24, 2.45) is 11.7 Å². The molecule has 2 atom stereocenters. The van der Waals surface area contributed by atoms with Crippen molar-refractivity contribution >= 4 is 0 Å². The molecule has 28 heavy (non-hydrogen) atoms. The van der Waals surface area contributed by atoms with Crippen molar-refractivity contribution in [3.63, 3.8) is 0 Å². The van der Waals surface area contributed by atoms with E-state index in [-0.39, 0.29) is 5.75 Å². The lowest BCUT2D eigenvalue weighted by molar-refractivity contribution is -0.153. The van der Waals surface area contributed by atoms with E-state index in [0.29, 0.717) is 30.7 Å². The first kappa shape index (κ1) is 20.5. The molecule has 1 saturated heterocycles. The monoisotopic (exact) mass is 394 g/mol. The molecule has 0 aromatic heterocycles. The van der Waals surface area contributed by atoms with Gasteiger partial charge in [0.1, 0.15) is 0 Å². The zero-order chi connectivity index (χ0) is 20.1. The number of halogens is 3. The molecule has 4 nitrogen and oxygen atoms in total. The van der Waals surface area contributed by atoms with Crippen LogP contribution in [0.4, 0.5) is 13.2 Å². The van der Waals surface area contributed by atoms with Crippen molar-refractivity contribution in [1.82, 2.24) is 4.90 Å². The number of hydrogen-bond acceptors (Lipinski definition) is 4. The predicted octanol–water partition coefficient (Wildman–Crippen LogP) is 3.81. The zero-order valence-electron chi connectivity index (χ0n) is 15.8. The van der Waals surface area contributed by atoms with Gasteiger partial charge in [-0.25, -0.2) is 0 Å². The number of hydrogen-bond donors (Lipinski definition) is 1. The SMILES string of the molecule is COc1cc(CN2C[C@@H](CN)[C@H](c3ccccc3)C2)ccc1OCC(F)(F)F. The summed E-state index contributed by atoms with van der Waals surface area (Å²) in [7, 11) is 1.42. The fraction of sp³-hybridized carbons (Fsp3) is 0.429. The Balaban J connectivity index is 1.68. The third kappa shape index (κ3) is 5.17. The van der Waals surface area contributed by atoms with Gasteiger partial charge in [-0.3, -0.25) is 4.90 Å². The normalized spacial score (nSPS) is 20.3. The van der Waals surface area contributed by atoms with Gasteiger partial charge in [0.15, 0.2) is 18.1 Å². The second kappa shape index (κ2) is 8.84. The molecular formula is C21H25F3N2O2. The van der Waals surface area contributed by atoms with Gasteiger partial charge in [0, 0.05) is 25.6 Å². The van der Waals surface area contributed by atoms with Crippen molar-refractivity contribution < 1.29 is 22.6 Å². The number of alkyl halides is 3. The van der Waals surface area contributed by atoms with E-state index in [9.17, 15) is 13.2 Å². The van der Waals surface area contributed by atoms with Crippen LogP contribution in [-0.4, -0.2) is 44.4 Å². The molecule has 0 bridgehead atoms. The molecule has 0 unspecified atom stereocenters. The van der Waals surface area contributed by atoms with Crippen LogP contribution in [0.25, 0.3) is 0 Å². The minimum Gasteiger partial charge on any atom is -0.493 e. The molecule has 0 spiro atoms. The zero-order valence-corrected chi connectivity index (χ0v) is 15.8. The Morgan fingerprint density at radius 3 is 2.46 bits per heavy atom. The molecule has 7 heteroatoms. The van der Waals surface area contributed by atoms with Crippen molar-refractivity contribution in [2.45, 2.75) is 18.6 Å². The van der Waals surface area contributed by atoms with Gasteiger partial charge in [-0.2, -0.15) is 13.2 Å². The van der Waals surface area contributed by atoms with Crippen molar-refractivity contribution in [2.75, 3.05) is 33.4 Å². The third-order valence-corrected chi connectivity index (χ3v) is 5.07. The van der Waals surface area contributed by atoms with Crippen LogP contribution in [0.5, 0.6) is 11.5 Å². The third-order valence-electron chi connectivity index (χ3n) is 5.07. The molecular weight excluding hydrogens is 369 g/mol. The summed E-state index contributed by atoms with van der Waals surface area (Å²) in [6, 6.07) is 15.4. The Kier molecular flexibility index (Phi) is 6.46. The van der Waals surface area contributed by atoms with Crippen LogP contribution >= 0.6 is 0 Å². The highest BCUT2D eigenvalue weighted by molar-refractivity contribution is 5.43. The lowest BCUT2D eigenvalue weighted by Crippen LogP contribution is -2.23. The van der Waals surface area contributed by atoms with Gasteiger partial charge in [0.05, 0.1) is 7.11 Å². The average Bonchev–Trinajstić information content (AvgIpc) is 3.09. The molecule has 3 rings (SSSR count). The van der Waals surface area contributed by atoms with Crippen LogP contribution in [0, 0.1) is 5.92 Å². The number of rotatable bonds is 7. The molecule has 1 aliphatic rings. The minimum absolute atomic E-state index is 0.0898. The van der Waals surface area contributed by atoms with Crippen LogP contribution in [0.3, 0.4) is 0 Å². The highest BCUT2D eigenvalue weighted by Gasteiger charge is 2.33. The first-order valence-electron chi connectivity index (χ1n) is 9.23. The predicted molar refractivity (Wildman–Crippen MR) is 102 cm³/mol. The van der Waals surface area contributed by atoms with Crippen molar-refractivity contribution in [3.8, 4) is 11.5 Å². The van der Waals surface area contributed by atoms with E-state index in [0.717, 1.165) is 18.7 Å². The molecule has 0 saturated carbocycles. The highest BCUT2D eigenvalue weighted by atomic mass is 19.4. The van der Waals surface area contributed by atoms with E-state index in [1.54, 1.807) is 12.1 Å². The molecule has 152 valence electrons. The smallest absolute Gasteiger partial charge is 0.422 e. The van der Waals surface area contributed by atoms with Gasteiger partial charge < -0.3 is 15.2 Å². The van der Waals surface area contributed by atoms with Crippen LogP contribution in [0.2, 0.25) is 0 Å². The van der Waals surface area contributed by atoms with Gasteiger partial charge in [-0.05, 0) is 35.7 Å². The van der Waals surface area contributed by atoms with Crippen LogP contribution in [-0.2, 0) is 6.54 Å². The Bertz CT molecular complexity index is 768. The van der Waals surface area contributed by atoms with E-state index in [1.807, 2.05) is 18.2 Å². The van der Waals surface area contributed by atoms with Crippen LogP contribution < -0.4 is 15.2 Å². The maximum Gasteiger partial charge on any atom is 0.422 e. The number of ether oxygens (including phenoxy) is 2. The summed E-state index contributed by atoms with van der Waals surface area (Å²) >= 11 is 0.